The largest absolute Gasteiger partial charge is 0.438 e. The van der Waals surface area contributed by atoms with Gasteiger partial charge < -0.3 is 14.8 Å². The predicted molar refractivity (Wildman–Crippen MR) is 89.6 cm³/mol. The Hall–Kier alpha value is -2.22. The normalized spacial score (nSPS) is 22.9. The lowest BCUT2D eigenvalue weighted by Gasteiger charge is -2.34. The van der Waals surface area contributed by atoms with Crippen LogP contribution >= 0.6 is 0 Å². The molecule has 8 heteroatoms. The van der Waals surface area contributed by atoms with E-state index in [4.69, 9.17) is 4.74 Å². The Balaban J connectivity index is 1.94. The molecule has 2 N–H and O–H groups in total. The number of aryl methyl sites for hydroxylation is 1. The number of fused-ring (bicyclic) bond motifs is 1. The zero-order chi connectivity index (χ0) is 19.5. The van der Waals surface area contributed by atoms with Crippen LogP contribution in [0.4, 0.5) is 18.0 Å². The predicted octanol–water partition coefficient (Wildman–Crippen LogP) is 3.98. The number of aliphatic hydroxyl groups is 1. The lowest BCUT2D eigenvalue weighted by molar-refractivity contribution is -0.136. The second-order valence-electron chi connectivity index (χ2n) is 7.26. The van der Waals surface area contributed by atoms with E-state index in [1.807, 2.05) is 0 Å². The van der Waals surface area contributed by atoms with E-state index in [9.17, 15) is 23.1 Å². The van der Waals surface area contributed by atoms with Crippen LogP contribution in [-0.4, -0.2) is 39.0 Å². The fourth-order valence-corrected chi connectivity index (χ4v) is 3.37. The maximum atomic E-state index is 13.2. The number of carbonyl (C=O) groups is 1. The van der Waals surface area contributed by atoms with E-state index in [-0.39, 0.29) is 18.5 Å². The fourth-order valence-electron chi connectivity index (χ4n) is 3.37. The highest BCUT2D eigenvalue weighted by atomic mass is 19.4. The SMILES string of the molecule is Cc1[nH]c2c(C(F)(F)F)cccc2c1CCN1C(=O)OC(C)(C)[C@@]1(C)O. The smallest absolute Gasteiger partial charge is 0.418 e. The minimum atomic E-state index is -4.46. The first-order valence-corrected chi connectivity index (χ1v) is 8.26. The van der Waals surface area contributed by atoms with Crippen LogP contribution in [0, 0.1) is 6.92 Å². The number of para-hydroxylation sites is 1. The first kappa shape index (κ1) is 18.6. The molecule has 1 atom stereocenters. The van der Waals surface area contributed by atoms with Crippen molar-refractivity contribution in [1.82, 2.24) is 9.88 Å². The van der Waals surface area contributed by atoms with Crippen molar-refractivity contribution in [2.45, 2.75) is 51.6 Å². The maximum absolute atomic E-state index is 13.2. The molecular weight excluding hydrogens is 349 g/mol. The maximum Gasteiger partial charge on any atom is 0.418 e. The number of H-pyrrole nitrogens is 1. The molecule has 1 aliphatic heterocycles. The van der Waals surface area contributed by atoms with Crippen LogP contribution < -0.4 is 0 Å². The van der Waals surface area contributed by atoms with Crippen molar-refractivity contribution in [3.63, 3.8) is 0 Å². The lowest BCUT2D eigenvalue weighted by atomic mass is 9.95. The quantitative estimate of drug-likeness (QED) is 0.859. The van der Waals surface area contributed by atoms with E-state index in [0.29, 0.717) is 16.6 Å². The molecule has 1 amide bonds. The molecule has 1 aromatic carbocycles. The van der Waals surface area contributed by atoms with Gasteiger partial charge in [0.2, 0.25) is 0 Å². The topological polar surface area (TPSA) is 65.6 Å². The molecule has 1 aromatic heterocycles. The standard InChI is InChI=1S/C18H21F3N2O3/c1-10-11(8-9-23-15(24)26-16(2,3)17(23,4)25)12-6-5-7-13(14(12)22-10)18(19,20)21/h5-7,22,25H,8-9H2,1-4H3/t17-/m1/s1. The van der Waals surface area contributed by atoms with Crippen molar-refractivity contribution in [2.75, 3.05) is 6.54 Å². The number of aromatic amines is 1. The molecule has 3 rings (SSSR count). The second-order valence-corrected chi connectivity index (χ2v) is 7.26. The van der Waals surface area contributed by atoms with Crippen LogP contribution in [0.15, 0.2) is 18.2 Å². The number of benzene rings is 1. The molecule has 0 saturated carbocycles. The third-order valence-corrected chi connectivity index (χ3v) is 5.27. The highest BCUT2D eigenvalue weighted by molar-refractivity contribution is 5.88. The Morgan fingerprint density at radius 1 is 1.27 bits per heavy atom. The summed E-state index contributed by atoms with van der Waals surface area (Å²) in [6.45, 7) is 6.52. The molecule has 1 fully saturated rings. The van der Waals surface area contributed by atoms with Crippen LogP contribution in [0.5, 0.6) is 0 Å². The minimum Gasteiger partial charge on any atom is -0.438 e. The van der Waals surface area contributed by atoms with Gasteiger partial charge in [-0.05, 0) is 45.7 Å². The van der Waals surface area contributed by atoms with Crippen LogP contribution in [-0.2, 0) is 17.3 Å². The number of nitrogens with one attached hydrogen (secondary N) is 1. The third kappa shape index (κ3) is 2.72. The van der Waals surface area contributed by atoms with Crippen molar-refractivity contribution in [1.29, 1.82) is 0 Å². The van der Waals surface area contributed by atoms with Crippen molar-refractivity contribution in [2.24, 2.45) is 0 Å². The van der Waals surface area contributed by atoms with Gasteiger partial charge in [-0.2, -0.15) is 13.2 Å². The van der Waals surface area contributed by atoms with Crippen molar-refractivity contribution in [3.05, 3.63) is 35.0 Å². The number of cyclic esters (lactones) is 1. The number of nitrogens with zero attached hydrogens (tertiary/aromatic N) is 1. The molecule has 1 saturated heterocycles. The molecular formula is C18H21F3N2O3. The van der Waals surface area contributed by atoms with Gasteiger partial charge in [0.25, 0.3) is 0 Å². The van der Waals surface area contributed by atoms with Gasteiger partial charge in [-0.15, -0.1) is 0 Å². The summed E-state index contributed by atoms with van der Waals surface area (Å²) >= 11 is 0. The molecule has 0 unspecified atom stereocenters. The molecule has 0 spiro atoms. The molecule has 142 valence electrons. The Kier molecular flexibility index (Phi) is 4.03. The monoisotopic (exact) mass is 370 g/mol. The summed E-state index contributed by atoms with van der Waals surface area (Å²) in [5, 5.41) is 11.1. The van der Waals surface area contributed by atoms with E-state index in [1.54, 1.807) is 26.8 Å². The molecule has 26 heavy (non-hydrogen) atoms. The van der Waals surface area contributed by atoms with Gasteiger partial charge in [0.15, 0.2) is 11.3 Å². The van der Waals surface area contributed by atoms with Gasteiger partial charge in [0, 0.05) is 17.6 Å². The highest BCUT2D eigenvalue weighted by Crippen LogP contribution is 2.38. The summed E-state index contributed by atoms with van der Waals surface area (Å²) < 4.78 is 44.8. The van der Waals surface area contributed by atoms with Crippen LogP contribution in [0.2, 0.25) is 0 Å². The van der Waals surface area contributed by atoms with Crippen LogP contribution in [0.1, 0.15) is 37.6 Å². The molecule has 2 aromatic rings. The van der Waals surface area contributed by atoms with E-state index < -0.39 is 29.2 Å². The first-order chi connectivity index (χ1) is 11.9. The third-order valence-electron chi connectivity index (χ3n) is 5.27. The summed E-state index contributed by atoms with van der Waals surface area (Å²) in [7, 11) is 0. The van der Waals surface area contributed by atoms with Crippen LogP contribution in [0.3, 0.4) is 0 Å². The second kappa shape index (κ2) is 5.64. The van der Waals surface area contributed by atoms with E-state index in [2.05, 4.69) is 4.98 Å². The Labute approximate surface area is 148 Å². The van der Waals surface area contributed by atoms with Gasteiger partial charge in [-0.3, -0.25) is 4.90 Å². The first-order valence-electron chi connectivity index (χ1n) is 8.26. The molecule has 2 heterocycles. The number of rotatable bonds is 3. The summed E-state index contributed by atoms with van der Waals surface area (Å²) in [4.78, 5) is 16.1. The Bertz CT molecular complexity index is 868. The van der Waals surface area contributed by atoms with E-state index >= 15 is 0 Å². The summed E-state index contributed by atoms with van der Waals surface area (Å²) in [6.07, 6.45) is -4.82. The number of alkyl halides is 3. The molecule has 5 nitrogen and oxygen atoms in total. The summed E-state index contributed by atoms with van der Waals surface area (Å²) in [6, 6.07) is 4.02. The molecule has 1 aliphatic rings. The number of carbonyl (C=O) groups excluding carboxylic acids is 1. The van der Waals surface area contributed by atoms with E-state index in [0.717, 1.165) is 6.07 Å². The number of aromatic nitrogens is 1. The number of amides is 1. The fraction of sp³-hybridized carbons (Fsp3) is 0.500. The zero-order valence-electron chi connectivity index (χ0n) is 15.0. The minimum absolute atomic E-state index is 0.0311. The van der Waals surface area contributed by atoms with Gasteiger partial charge >= 0.3 is 12.3 Å². The number of hydrogen-bond acceptors (Lipinski definition) is 3. The highest BCUT2D eigenvalue weighted by Gasteiger charge is 2.56. The van der Waals surface area contributed by atoms with Crippen LogP contribution in [0.25, 0.3) is 10.9 Å². The molecule has 0 aliphatic carbocycles. The van der Waals surface area contributed by atoms with Crippen molar-refractivity contribution < 1.29 is 27.8 Å². The Morgan fingerprint density at radius 3 is 2.46 bits per heavy atom. The molecule has 0 radical (unpaired) electrons. The summed E-state index contributed by atoms with van der Waals surface area (Å²) in [5.41, 5.74) is -2.01. The average molecular weight is 370 g/mol. The van der Waals surface area contributed by atoms with Crippen molar-refractivity contribution >= 4 is 17.0 Å². The lowest BCUT2D eigenvalue weighted by Crippen LogP contribution is -2.54. The summed E-state index contributed by atoms with van der Waals surface area (Å²) in [5.74, 6) is 0. The number of ether oxygens (including phenoxy) is 1. The van der Waals surface area contributed by atoms with Crippen molar-refractivity contribution in [3.8, 4) is 0 Å². The van der Waals surface area contributed by atoms with Gasteiger partial charge in [-0.25, -0.2) is 4.79 Å². The van der Waals surface area contributed by atoms with Gasteiger partial charge in [-0.1, -0.05) is 12.1 Å². The zero-order valence-corrected chi connectivity index (χ0v) is 15.0. The number of halogens is 3. The van der Waals surface area contributed by atoms with E-state index in [1.165, 1.54) is 17.9 Å². The molecule has 0 bridgehead atoms. The number of hydrogen-bond donors (Lipinski definition) is 2. The average Bonchev–Trinajstić information content (AvgIpc) is 2.87. The van der Waals surface area contributed by atoms with Gasteiger partial charge in [0.05, 0.1) is 11.1 Å². The van der Waals surface area contributed by atoms with Gasteiger partial charge in [0.1, 0.15) is 0 Å². The Morgan fingerprint density at radius 2 is 1.92 bits per heavy atom.